The van der Waals surface area contributed by atoms with Crippen LogP contribution in [0.1, 0.15) is 39.2 Å². The fourth-order valence-electron chi connectivity index (χ4n) is 4.22. The van der Waals surface area contributed by atoms with Gasteiger partial charge in [-0.25, -0.2) is 19.2 Å². The second kappa shape index (κ2) is 7.58. The highest BCUT2D eigenvalue weighted by Gasteiger charge is 2.35. The third-order valence-corrected chi connectivity index (χ3v) is 5.26. The number of likely N-dealkylation sites (tertiary alicyclic amines) is 1. The van der Waals surface area contributed by atoms with E-state index in [1.54, 1.807) is 24.5 Å². The maximum atomic E-state index is 14.3. The molecule has 5 nitrogen and oxygen atoms in total. The molecule has 1 amide bonds. The fourth-order valence-corrected chi connectivity index (χ4v) is 4.22. The van der Waals surface area contributed by atoms with Crippen LogP contribution >= 0.6 is 0 Å². The van der Waals surface area contributed by atoms with Gasteiger partial charge in [0.2, 0.25) is 0 Å². The third-order valence-electron chi connectivity index (χ3n) is 5.26. The molecule has 29 heavy (non-hydrogen) atoms. The second-order valence-corrected chi connectivity index (χ2v) is 8.94. The Bertz CT molecular complexity index is 937. The summed E-state index contributed by atoms with van der Waals surface area (Å²) in [5.74, 6) is 0.823. The second-order valence-electron chi connectivity index (χ2n) is 8.94. The lowest BCUT2D eigenvalue weighted by molar-refractivity contribution is 0.0121. The van der Waals surface area contributed by atoms with E-state index in [9.17, 15) is 9.18 Å². The van der Waals surface area contributed by atoms with Crippen LogP contribution in [-0.4, -0.2) is 39.7 Å². The molecule has 6 heteroatoms. The molecule has 1 fully saturated rings. The number of hydrogen-bond donors (Lipinski definition) is 0. The van der Waals surface area contributed by atoms with E-state index in [-0.39, 0.29) is 17.8 Å². The number of halogens is 1. The van der Waals surface area contributed by atoms with Crippen LogP contribution in [0.3, 0.4) is 0 Å². The molecule has 2 aromatic rings. The monoisotopic (exact) mass is 395 g/mol. The summed E-state index contributed by atoms with van der Waals surface area (Å²) in [5, 5.41) is 0. The topological polar surface area (TPSA) is 55.3 Å². The van der Waals surface area contributed by atoms with E-state index in [2.05, 4.69) is 16.0 Å². The van der Waals surface area contributed by atoms with Crippen LogP contribution in [0, 0.1) is 17.7 Å². The van der Waals surface area contributed by atoms with Gasteiger partial charge in [-0.3, -0.25) is 0 Å². The third kappa shape index (κ3) is 4.63. The van der Waals surface area contributed by atoms with Crippen LogP contribution in [-0.2, 0) is 4.74 Å². The zero-order valence-electron chi connectivity index (χ0n) is 17.1. The summed E-state index contributed by atoms with van der Waals surface area (Å²) in [6.45, 7) is 6.95. The number of allylic oxidation sites excluding steroid dienone is 1. The zero-order chi connectivity index (χ0) is 20.6. The molecule has 2 aliphatic rings. The number of amides is 1. The highest BCUT2D eigenvalue weighted by atomic mass is 19.1. The molecule has 1 aliphatic heterocycles. The summed E-state index contributed by atoms with van der Waals surface area (Å²) in [6.07, 6.45) is 7.11. The van der Waals surface area contributed by atoms with Gasteiger partial charge < -0.3 is 9.64 Å². The van der Waals surface area contributed by atoms with E-state index >= 15 is 0 Å². The van der Waals surface area contributed by atoms with Crippen molar-refractivity contribution in [2.45, 2.75) is 39.2 Å². The first kappa shape index (κ1) is 19.6. The van der Waals surface area contributed by atoms with E-state index in [0.29, 0.717) is 30.4 Å². The molecule has 2 unspecified atom stereocenters. The first-order valence-corrected chi connectivity index (χ1v) is 10.0. The highest BCUT2D eigenvalue weighted by Crippen LogP contribution is 2.39. The molecule has 1 aromatic heterocycles. The number of ether oxygens (including phenoxy) is 1. The molecule has 152 valence electrons. The summed E-state index contributed by atoms with van der Waals surface area (Å²) in [5.41, 5.74) is 2.18. The van der Waals surface area contributed by atoms with E-state index in [1.807, 2.05) is 31.7 Å². The molecule has 1 aliphatic carbocycles. The fraction of sp³-hybridized carbons (Fsp3) is 0.435. The molecule has 1 aromatic carbocycles. The molecular weight excluding hydrogens is 369 g/mol. The van der Waals surface area contributed by atoms with Crippen molar-refractivity contribution in [3.8, 4) is 11.4 Å². The number of carbonyl (C=O) groups excluding carboxylic acids is 1. The number of rotatable bonds is 2. The Balaban J connectivity index is 1.56. The lowest BCUT2D eigenvalue weighted by atomic mass is 9.77. The average Bonchev–Trinajstić information content (AvgIpc) is 2.66. The van der Waals surface area contributed by atoms with E-state index < -0.39 is 5.60 Å². The Morgan fingerprint density at radius 3 is 2.55 bits per heavy atom. The van der Waals surface area contributed by atoms with Gasteiger partial charge in [0.05, 0.1) is 0 Å². The number of hydrogen-bond acceptors (Lipinski definition) is 4. The van der Waals surface area contributed by atoms with E-state index in [0.717, 1.165) is 24.0 Å². The standard InChI is InChI=1S/C23H26FN3O2/c1-23(2,3)29-22(28)27-13-15-7-16(14-27)9-17(8-15)18-10-19(12-20(24)11-18)21-25-5-4-6-26-21/h4-6,8,10-12,15-16H,7,9,13-14H2,1-3H3. The first-order chi connectivity index (χ1) is 13.8. The van der Waals surface area contributed by atoms with Crippen LogP contribution in [0.4, 0.5) is 9.18 Å². The van der Waals surface area contributed by atoms with Crippen molar-refractivity contribution in [1.82, 2.24) is 14.9 Å². The summed E-state index contributed by atoms with van der Waals surface area (Å²) < 4.78 is 19.9. The van der Waals surface area contributed by atoms with E-state index in [1.165, 1.54) is 6.07 Å². The van der Waals surface area contributed by atoms with Crippen molar-refractivity contribution in [2.24, 2.45) is 11.8 Å². The molecule has 2 bridgehead atoms. The SMILES string of the molecule is CC(C)(C)OC(=O)N1CC2C=C(c3cc(F)cc(-c4ncccn4)c3)CC(C2)C1. The zero-order valence-corrected chi connectivity index (χ0v) is 17.1. The molecule has 0 N–H and O–H groups in total. The summed E-state index contributed by atoms with van der Waals surface area (Å²) in [6, 6.07) is 6.74. The van der Waals surface area contributed by atoms with Gasteiger partial charge in [0, 0.05) is 31.0 Å². The quantitative estimate of drug-likeness (QED) is 0.722. The Hall–Kier alpha value is -2.76. The number of carbonyl (C=O) groups is 1. The first-order valence-electron chi connectivity index (χ1n) is 10.0. The molecule has 4 rings (SSSR count). The molecule has 2 heterocycles. The Morgan fingerprint density at radius 1 is 1.14 bits per heavy atom. The number of piperidine rings is 1. The van der Waals surface area contributed by atoms with Crippen molar-refractivity contribution in [3.05, 3.63) is 54.1 Å². The Labute approximate surface area is 170 Å². The van der Waals surface area contributed by atoms with Crippen molar-refractivity contribution in [3.63, 3.8) is 0 Å². The molecule has 0 spiro atoms. The normalized spacial score (nSPS) is 21.5. The molecule has 0 radical (unpaired) electrons. The number of nitrogens with zero attached hydrogens (tertiary/aromatic N) is 3. The predicted octanol–water partition coefficient (Wildman–Crippen LogP) is 4.94. The van der Waals surface area contributed by atoms with Gasteiger partial charge in [-0.2, -0.15) is 0 Å². The highest BCUT2D eigenvalue weighted by molar-refractivity contribution is 5.73. The minimum absolute atomic E-state index is 0.252. The lowest BCUT2D eigenvalue weighted by Crippen LogP contribution is -2.46. The van der Waals surface area contributed by atoms with Gasteiger partial charge in [-0.1, -0.05) is 6.08 Å². The predicted molar refractivity (Wildman–Crippen MR) is 109 cm³/mol. The number of benzene rings is 1. The molecule has 2 atom stereocenters. The largest absolute Gasteiger partial charge is 0.444 e. The summed E-state index contributed by atoms with van der Waals surface area (Å²) in [7, 11) is 0. The molecular formula is C23H26FN3O2. The summed E-state index contributed by atoms with van der Waals surface area (Å²) >= 11 is 0. The maximum Gasteiger partial charge on any atom is 0.410 e. The van der Waals surface area contributed by atoms with Gasteiger partial charge in [0.15, 0.2) is 5.82 Å². The maximum absolute atomic E-state index is 14.3. The minimum Gasteiger partial charge on any atom is -0.444 e. The van der Waals surface area contributed by atoms with Crippen molar-refractivity contribution >= 4 is 11.7 Å². The number of aromatic nitrogens is 2. The van der Waals surface area contributed by atoms with Crippen molar-refractivity contribution < 1.29 is 13.9 Å². The Kier molecular flexibility index (Phi) is 5.11. The van der Waals surface area contributed by atoms with Crippen LogP contribution in [0.2, 0.25) is 0 Å². The van der Waals surface area contributed by atoms with Gasteiger partial charge in [0.1, 0.15) is 11.4 Å². The van der Waals surface area contributed by atoms with Crippen LogP contribution in [0.15, 0.2) is 42.7 Å². The molecule has 0 saturated carbocycles. The number of fused-ring (bicyclic) bond motifs is 2. The van der Waals surface area contributed by atoms with Crippen LogP contribution in [0.25, 0.3) is 17.0 Å². The minimum atomic E-state index is -0.498. The average molecular weight is 395 g/mol. The van der Waals surface area contributed by atoms with Crippen LogP contribution in [0.5, 0.6) is 0 Å². The molecule has 1 saturated heterocycles. The van der Waals surface area contributed by atoms with Crippen molar-refractivity contribution in [1.29, 1.82) is 0 Å². The van der Waals surface area contributed by atoms with Crippen molar-refractivity contribution in [2.75, 3.05) is 13.1 Å². The summed E-state index contributed by atoms with van der Waals surface area (Å²) in [4.78, 5) is 22.7. The smallest absolute Gasteiger partial charge is 0.410 e. The van der Waals surface area contributed by atoms with Gasteiger partial charge in [0.25, 0.3) is 0 Å². The van der Waals surface area contributed by atoms with Gasteiger partial charge >= 0.3 is 6.09 Å². The van der Waals surface area contributed by atoms with Gasteiger partial charge in [-0.05, 0) is 80.9 Å². The van der Waals surface area contributed by atoms with E-state index in [4.69, 9.17) is 4.74 Å². The van der Waals surface area contributed by atoms with Crippen LogP contribution < -0.4 is 0 Å². The Morgan fingerprint density at radius 2 is 1.86 bits per heavy atom. The lowest BCUT2D eigenvalue weighted by Gasteiger charge is -2.40. The van der Waals surface area contributed by atoms with Gasteiger partial charge in [-0.15, -0.1) is 0 Å².